The molecule has 0 radical (unpaired) electrons. The van der Waals surface area contributed by atoms with E-state index in [4.69, 9.17) is 0 Å². The summed E-state index contributed by atoms with van der Waals surface area (Å²) in [5.41, 5.74) is 0. The van der Waals surface area contributed by atoms with Gasteiger partial charge in [0, 0.05) is 24.0 Å². The predicted octanol–water partition coefficient (Wildman–Crippen LogP) is 0.522. The molecule has 0 aliphatic heterocycles. The van der Waals surface area contributed by atoms with Crippen molar-refractivity contribution in [3.8, 4) is 0 Å². The van der Waals surface area contributed by atoms with Crippen molar-refractivity contribution in [2.24, 2.45) is 0 Å². The second-order valence-corrected chi connectivity index (χ2v) is 8.11. The van der Waals surface area contributed by atoms with Crippen molar-refractivity contribution in [3.63, 3.8) is 0 Å². The standard InChI is InChI=1S/C11H22N4O2S2/c1-11(2,18-4)9-14-19(16,17)10-7-13-15(8-10)6-5-12-3/h7-8,12,14H,5-6,9H2,1-4H3. The molecule has 0 saturated heterocycles. The molecule has 2 N–H and O–H groups in total. The zero-order valence-corrected chi connectivity index (χ0v) is 13.4. The van der Waals surface area contributed by atoms with Crippen LogP contribution in [0.5, 0.6) is 0 Å². The summed E-state index contributed by atoms with van der Waals surface area (Å²) in [5.74, 6) is 0. The lowest BCUT2D eigenvalue weighted by atomic mass is 10.2. The zero-order chi connectivity index (χ0) is 14.5. The predicted molar refractivity (Wildman–Crippen MR) is 78.9 cm³/mol. The van der Waals surface area contributed by atoms with Crippen molar-refractivity contribution in [3.05, 3.63) is 12.4 Å². The summed E-state index contributed by atoms with van der Waals surface area (Å²) in [6, 6.07) is 0. The van der Waals surface area contributed by atoms with Crippen LogP contribution in [-0.4, -0.2) is 49.3 Å². The average molecular weight is 306 g/mol. The first-order chi connectivity index (χ1) is 8.80. The molecule has 8 heteroatoms. The number of sulfonamides is 1. The molecule has 0 bridgehead atoms. The number of hydrogen-bond donors (Lipinski definition) is 2. The van der Waals surface area contributed by atoms with Crippen LogP contribution in [0.15, 0.2) is 17.3 Å². The van der Waals surface area contributed by atoms with Crippen LogP contribution in [0.3, 0.4) is 0 Å². The van der Waals surface area contributed by atoms with Gasteiger partial charge in [0.05, 0.1) is 12.7 Å². The van der Waals surface area contributed by atoms with E-state index >= 15 is 0 Å². The zero-order valence-electron chi connectivity index (χ0n) is 11.8. The third-order valence-corrected chi connectivity index (χ3v) is 5.36. The van der Waals surface area contributed by atoms with Gasteiger partial charge < -0.3 is 5.32 Å². The maximum atomic E-state index is 12.1. The van der Waals surface area contributed by atoms with E-state index < -0.39 is 10.0 Å². The molecule has 6 nitrogen and oxygen atoms in total. The quantitative estimate of drug-likeness (QED) is 0.732. The number of likely N-dealkylation sites (N-methyl/N-ethyl adjacent to an activating group) is 1. The first kappa shape index (κ1) is 16.5. The van der Waals surface area contributed by atoms with Crippen molar-refractivity contribution in [2.45, 2.75) is 30.0 Å². The van der Waals surface area contributed by atoms with E-state index in [1.807, 2.05) is 27.2 Å². The van der Waals surface area contributed by atoms with Crippen molar-refractivity contribution in [2.75, 3.05) is 26.4 Å². The van der Waals surface area contributed by atoms with Crippen molar-refractivity contribution >= 4 is 21.8 Å². The number of aromatic nitrogens is 2. The van der Waals surface area contributed by atoms with E-state index in [1.165, 1.54) is 6.20 Å². The molecular weight excluding hydrogens is 284 g/mol. The Balaban J connectivity index is 2.69. The van der Waals surface area contributed by atoms with E-state index in [-0.39, 0.29) is 9.64 Å². The Bertz CT molecular complexity index is 497. The van der Waals surface area contributed by atoms with E-state index in [2.05, 4.69) is 15.1 Å². The Morgan fingerprint density at radius 2 is 2.16 bits per heavy atom. The lowest BCUT2D eigenvalue weighted by Gasteiger charge is -2.21. The summed E-state index contributed by atoms with van der Waals surface area (Å²) < 4.78 is 28.3. The smallest absolute Gasteiger partial charge is 0.243 e. The fourth-order valence-electron chi connectivity index (χ4n) is 1.26. The van der Waals surface area contributed by atoms with Gasteiger partial charge in [-0.3, -0.25) is 4.68 Å². The summed E-state index contributed by atoms with van der Waals surface area (Å²) in [6.45, 7) is 5.77. The maximum Gasteiger partial charge on any atom is 0.243 e. The van der Waals surface area contributed by atoms with Gasteiger partial charge in [0.2, 0.25) is 10.0 Å². The molecule has 0 atom stereocenters. The van der Waals surface area contributed by atoms with Gasteiger partial charge in [-0.1, -0.05) is 0 Å². The normalized spacial score (nSPS) is 12.8. The summed E-state index contributed by atoms with van der Waals surface area (Å²) in [4.78, 5) is 0.209. The van der Waals surface area contributed by atoms with Crippen molar-refractivity contribution in [1.82, 2.24) is 19.8 Å². The highest BCUT2D eigenvalue weighted by Crippen LogP contribution is 2.20. The molecule has 0 unspecified atom stereocenters. The van der Waals surface area contributed by atoms with E-state index in [1.54, 1.807) is 22.6 Å². The molecule has 1 heterocycles. The first-order valence-electron chi connectivity index (χ1n) is 6.02. The fraction of sp³-hybridized carbons (Fsp3) is 0.727. The maximum absolute atomic E-state index is 12.1. The van der Waals surface area contributed by atoms with Gasteiger partial charge in [0.1, 0.15) is 4.90 Å². The molecule has 0 aliphatic carbocycles. The average Bonchev–Trinajstić information content (AvgIpc) is 2.84. The Kier molecular flexibility index (Phi) is 5.84. The molecule has 110 valence electrons. The van der Waals surface area contributed by atoms with E-state index in [0.717, 1.165) is 6.54 Å². The SMILES string of the molecule is CNCCn1cc(S(=O)(=O)NCC(C)(C)SC)cn1. The molecule has 1 rings (SSSR count). The van der Waals surface area contributed by atoms with Crippen LogP contribution in [0.4, 0.5) is 0 Å². The number of hydrogen-bond acceptors (Lipinski definition) is 5. The molecule has 1 aromatic rings. The van der Waals surface area contributed by atoms with Crippen LogP contribution < -0.4 is 10.0 Å². The third-order valence-electron chi connectivity index (χ3n) is 2.75. The summed E-state index contributed by atoms with van der Waals surface area (Å²) in [6.07, 6.45) is 4.89. The molecule has 0 saturated carbocycles. The molecule has 0 spiro atoms. The lowest BCUT2D eigenvalue weighted by Crippen LogP contribution is -2.35. The number of nitrogens with zero attached hydrogens (tertiary/aromatic N) is 2. The minimum Gasteiger partial charge on any atom is -0.318 e. The molecule has 0 amide bonds. The van der Waals surface area contributed by atoms with Gasteiger partial charge >= 0.3 is 0 Å². The van der Waals surface area contributed by atoms with Crippen LogP contribution in [-0.2, 0) is 16.6 Å². The molecule has 0 fully saturated rings. The second kappa shape index (κ2) is 6.74. The van der Waals surface area contributed by atoms with Crippen LogP contribution in [0, 0.1) is 0 Å². The van der Waals surface area contributed by atoms with Gasteiger partial charge in [0.25, 0.3) is 0 Å². The largest absolute Gasteiger partial charge is 0.318 e. The fourth-order valence-corrected chi connectivity index (χ4v) is 2.73. The van der Waals surface area contributed by atoms with Gasteiger partial charge in [-0.15, -0.1) is 0 Å². The topological polar surface area (TPSA) is 76.0 Å². The van der Waals surface area contributed by atoms with Crippen LogP contribution in [0.25, 0.3) is 0 Å². The number of rotatable bonds is 8. The summed E-state index contributed by atoms with van der Waals surface area (Å²) in [5, 5.41) is 7.03. The highest BCUT2D eigenvalue weighted by Gasteiger charge is 2.22. The van der Waals surface area contributed by atoms with E-state index in [0.29, 0.717) is 13.1 Å². The highest BCUT2D eigenvalue weighted by atomic mass is 32.2. The number of thioether (sulfide) groups is 1. The summed E-state index contributed by atoms with van der Waals surface area (Å²) in [7, 11) is -1.63. The molecule has 19 heavy (non-hydrogen) atoms. The van der Waals surface area contributed by atoms with Gasteiger partial charge in [-0.2, -0.15) is 16.9 Å². The van der Waals surface area contributed by atoms with Crippen molar-refractivity contribution in [1.29, 1.82) is 0 Å². The van der Waals surface area contributed by atoms with Gasteiger partial charge in [-0.25, -0.2) is 13.1 Å². The molecular formula is C11H22N4O2S2. The third kappa shape index (κ3) is 5.13. The highest BCUT2D eigenvalue weighted by molar-refractivity contribution is 8.00. The second-order valence-electron chi connectivity index (χ2n) is 4.83. The Morgan fingerprint density at radius 1 is 1.47 bits per heavy atom. The molecule has 0 aliphatic rings. The minimum atomic E-state index is -3.47. The monoisotopic (exact) mass is 306 g/mol. The van der Waals surface area contributed by atoms with E-state index in [9.17, 15) is 8.42 Å². The first-order valence-corrected chi connectivity index (χ1v) is 8.73. The Labute approximate surface area is 119 Å². The van der Waals surface area contributed by atoms with Gasteiger partial charge in [-0.05, 0) is 27.2 Å². The summed E-state index contributed by atoms with van der Waals surface area (Å²) >= 11 is 1.62. The molecule has 1 aromatic heterocycles. The van der Waals surface area contributed by atoms with Crippen LogP contribution >= 0.6 is 11.8 Å². The Hall–Kier alpha value is -0.570. The van der Waals surface area contributed by atoms with Crippen LogP contribution in [0.1, 0.15) is 13.8 Å². The van der Waals surface area contributed by atoms with Crippen molar-refractivity contribution < 1.29 is 8.42 Å². The molecule has 0 aromatic carbocycles. The lowest BCUT2D eigenvalue weighted by molar-refractivity contribution is 0.568. The van der Waals surface area contributed by atoms with Gasteiger partial charge in [0.15, 0.2) is 0 Å². The number of nitrogens with one attached hydrogen (secondary N) is 2. The Morgan fingerprint density at radius 3 is 2.74 bits per heavy atom. The van der Waals surface area contributed by atoms with Crippen LogP contribution in [0.2, 0.25) is 0 Å². The minimum absolute atomic E-state index is 0.130.